The number of amides is 2. The second-order valence-corrected chi connectivity index (χ2v) is 6.28. The van der Waals surface area contributed by atoms with Gasteiger partial charge in [-0.15, -0.1) is 0 Å². The molecule has 5 rings (SSSR count). The fraction of sp³-hybridized carbons (Fsp3) is 0.625. The number of nitrogens with zero attached hydrogens (tertiary/aromatic N) is 1. The number of carbonyl (C=O) groups excluding carboxylic acids is 2. The van der Waals surface area contributed by atoms with Crippen LogP contribution in [-0.2, 0) is 9.59 Å². The highest BCUT2D eigenvalue weighted by atomic mass is 16.2. The summed E-state index contributed by atoms with van der Waals surface area (Å²) in [6.45, 7) is 5.88. The van der Waals surface area contributed by atoms with Crippen molar-refractivity contribution >= 4 is 11.8 Å². The molecule has 102 valence electrons. The number of hydrogen-bond acceptors (Lipinski definition) is 2. The van der Waals surface area contributed by atoms with Gasteiger partial charge in [-0.2, -0.15) is 0 Å². The molecule has 1 heterocycles. The molecule has 2 amide bonds. The molecule has 3 nitrogen and oxygen atoms in total. The lowest BCUT2D eigenvalue weighted by Gasteiger charge is -2.21. The van der Waals surface area contributed by atoms with E-state index in [1.165, 1.54) is 17.7 Å². The topological polar surface area (TPSA) is 37.4 Å². The van der Waals surface area contributed by atoms with Crippen LogP contribution >= 0.6 is 0 Å². The van der Waals surface area contributed by atoms with E-state index in [9.17, 15) is 9.59 Å². The lowest BCUT2D eigenvalue weighted by atomic mass is 9.83. The smallest absolute Gasteiger partial charge is 0.256 e. The normalized spacial score (nSPS) is 37.1. The van der Waals surface area contributed by atoms with Gasteiger partial charge < -0.3 is 0 Å². The maximum Gasteiger partial charge on any atom is 0.256 e. The predicted molar refractivity (Wildman–Crippen MR) is 73.2 cm³/mol. The Labute approximate surface area is 114 Å². The Morgan fingerprint density at radius 3 is 2.11 bits per heavy atom. The molecular formula is C16H21NO2. The summed E-state index contributed by atoms with van der Waals surface area (Å²) < 4.78 is 0. The average Bonchev–Trinajstić information content (AvgIpc) is 2.76. The van der Waals surface area contributed by atoms with Gasteiger partial charge >= 0.3 is 0 Å². The number of imide groups is 1. The third-order valence-electron chi connectivity index (χ3n) is 5.13. The lowest BCUT2D eigenvalue weighted by Crippen LogP contribution is -2.32. The second kappa shape index (κ2) is 4.06. The second-order valence-electron chi connectivity index (χ2n) is 6.28. The number of rotatable bonds is 2. The highest BCUT2D eigenvalue weighted by Gasteiger charge is 2.67. The van der Waals surface area contributed by atoms with Gasteiger partial charge in [0.25, 0.3) is 11.8 Å². The SMILES string of the molecule is C1=CC23CC1C2C3.CCCN1C(=O)C(C)=C(C)C1=O. The average molecular weight is 259 g/mol. The van der Waals surface area contributed by atoms with Crippen LogP contribution in [0.25, 0.3) is 0 Å². The molecule has 1 spiro atoms. The molecule has 4 aliphatic carbocycles. The largest absolute Gasteiger partial charge is 0.275 e. The molecule has 3 atom stereocenters. The molecule has 2 fully saturated rings. The minimum atomic E-state index is -0.126. The summed E-state index contributed by atoms with van der Waals surface area (Å²) >= 11 is 0. The van der Waals surface area contributed by atoms with Crippen LogP contribution in [0.15, 0.2) is 23.3 Å². The fourth-order valence-electron chi connectivity index (χ4n) is 3.61. The Bertz CT molecular complexity index is 493. The van der Waals surface area contributed by atoms with Crippen LogP contribution in [0.2, 0.25) is 0 Å². The van der Waals surface area contributed by atoms with E-state index in [4.69, 9.17) is 0 Å². The van der Waals surface area contributed by atoms with Gasteiger partial charge in [0, 0.05) is 17.7 Å². The zero-order valence-electron chi connectivity index (χ0n) is 11.9. The van der Waals surface area contributed by atoms with Crippen molar-refractivity contribution in [3.8, 4) is 0 Å². The van der Waals surface area contributed by atoms with Crippen LogP contribution in [0.4, 0.5) is 0 Å². The van der Waals surface area contributed by atoms with Crippen molar-refractivity contribution in [1.82, 2.24) is 4.90 Å². The first-order valence-corrected chi connectivity index (χ1v) is 7.23. The lowest BCUT2D eigenvalue weighted by molar-refractivity contribution is -0.137. The van der Waals surface area contributed by atoms with Crippen LogP contribution in [0.5, 0.6) is 0 Å². The Kier molecular flexibility index (Phi) is 2.70. The van der Waals surface area contributed by atoms with Crippen LogP contribution in [0, 0.1) is 17.3 Å². The monoisotopic (exact) mass is 259 g/mol. The summed E-state index contributed by atoms with van der Waals surface area (Å²) in [6, 6.07) is 0. The van der Waals surface area contributed by atoms with E-state index in [-0.39, 0.29) is 11.8 Å². The van der Waals surface area contributed by atoms with Gasteiger partial charge in [0.15, 0.2) is 0 Å². The first-order valence-electron chi connectivity index (χ1n) is 7.23. The molecule has 3 unspecified atom stereocenters. The van der Waals surface area contributed by atoms with Crippen LogP contribution in [0.1, 0.15) is 40.0 Å². The molecule has 1 aliphatic heterocycles. The number of hydrogen-bond donors (Lipinski definition) is 0. The maximum atomic E-state index is 11.4. The molecule has 0 aromatic rings. The van der Waals surface area contributed by atoms with Gasteiger partial charge in [0.1, 0.15) is 0 Å². The van der Waals surface area contributed by atoms with Gasteiger partial charge in [-0.25, -0.2) is 0 Å². The van der Waals surface area contributed by atoms with E-state index in [0.29, 0.717) is 17.7 Å². The van der Waals surface area contributed by atoms with E-state index >= 15 is 0 Å². The highest BCUT2D eigenvalue weighted by molar-refractivity contribution is 6.18. The van der Waals surface area contributed by atoms with Crippen molar-refractivity contribution in [3.05, 3.63) is 23.3 Å². The molecule has 3 heteroatoms. The Morgan fingerprint density at radius 1 is 1.21 bits per heavy atom. The molecule has 5 aliphatic rings. The molecule has 2 bridgehead atoms. The first kappa shape index (κ1) is 12.6. The zero-order chi connectivity index (χ0) is 13.8. The molecule has 0 radical (unpaired) electrons. The van der Waals surface area contributed by atoms with Crippen LogP contribution in [-0.4, -0.2) is 23.3 Å². The zero-order valence-corrected chi connectivity index (χ0v) is 11.9. The quantitative estimate of drug-likeness (QED) is 0.565. The van der Waals surface area contributed by atoms with E-state index in [1.807, 2.05) is 6.92 Å². The fourth-order valence-corrected chi connectivity index (χ4v) is 3.61. The van der Waals surface area contributed by atoms with Gasteiger partial charge in [-0.05, 0) is 50.4 Å². The van der Waals surface area contributed by atoms with Crippen molar-refractivity contribution in [3.63, 3.8) is 0 Å². The van der Waals surface area contributed by atoms with E-state index in [0.717, 1.165) is 23.7 Å². The number of allylic oxidation sites excluding steroid dienone is 2. The van der Waals surface area contributed by atoms with Crippen molar-refractivity contribution in [1.29, 1.82) is 0 Å². The van der Waals surface area contributed by atoms with Gasteiger partial charge in [0.05, 0.1) is 0 Å². The molecular weight excluding hydrogens is 238 g/mol. The van der Waals surface area contributed by atoms with Gasteiger partial charge in [0.2, 0.25) is 0 Å². The van der Waals surface area contributed by atoms with Crippen molar-refractivity contribution < 1.29 is 9.59 Å². The summed E-state index contributed by atoms with van der Waals surface area (Å²) in [5.41, 5.74) is 2.01. The minimum absolute atomic E-state index is 0.126. The Hall–Kier alpha value is -1.38. The van der Waals surface area contributed by atoms with Gasteiger partial charge in [-0.3, -0.25) is 14.5 Å². The van der Waals surface area contributed by atoms with Crippen LogP contribution in [0.3, 0.4) is 0 Å². The highest BCUT2D eigenvalue weighted by Crippen LogP contribution is 2.76. The predicted octanol–water partition coefficient (Wildman–Crippen LogP) is 2.68. The Morgan fingerprint density at radius 2 is 1.84 bits per heavy atom. The van der Waals surface area contributed by atoms with Crippen molar-refractivity contribution in [2.45, 2.75) is 40.0 Å². The maximum absolute atomic E-state index is 11.4. The van der Waals surface area contributed by atoms with E-state index in [2.05, 4.69) is 12.2 Å². The number of carbonyl (C=O) groups is 2. The summed E-state index contributed by atoms with van der Waals surface area (Å²) in [5.74, 6) is 1.94. The third kappa shape index (κ3) is 1.71. The molecule has 0 aromatic carbocycles. The van der Waals surface area contributed by atoms with Crippen LogP contribution < -0.4 is 0 Å². The molecule has 0 N–H and O–H groups in total. The summed E-state index contributed by atoms with van der Waals surface area (Å²) in [6.07, 6.45) is 8.72. The Balaban J connectivity index is 0.000000129. The summed E-state index contributed by atoms with van der Waals surface area (Å²) in [5, 5.41) is 0. The molecule has 2 saturated carbocycles. The molecule has 0 aromatic heterocycles. The summed E-state index contributed by atoms with van der Waals surface area (Å²) in [7, 11) is 0. The van der Waals surface area contributed by atoms with E-state index in [1.54, 1.807) is 13.8 Å². The molecule has 0 saturated heterocycles. The minimum Gasteiger partial charge on any atom is -0.275 e. The summed E-state index contributed by atoms with van der Waals surface area (Å²) in [4.78, 5) is 24.0. The van der Waals surface area contributed by atoms with Crippen molar-refractivity contribution in [2.75, 3.05) is 6.54 Å². The van der Waals surface area contributed by atoms with Gasteiger partial charge in [-0.1, -0.05) is 19.1 Å². The third-order valence-corrected chi connectivity index (χ3v) is 5.13. The van der Waals surface area contributed by atoms with Crippen molar-refractivity contribution in [2.24, 2.45) is 17.3 Å². The van der Waals surface area contributed by atoms with E-state index < -0.39 is 0 Å². The first-order chi connectivity index (χ1) is 9.00. The standard InChI is InChI=1S/C9H13NO2.C7H8/c1-4-5-10-8(11)6(2)7(3)9(10)12;1-2-7-3-5(1)6(7)4-7/h4-5H2,1-3H3;1-2,5-6H,3-4H2. The molecule has 19 heavy (non-hydrogen) atoms.